The highest BCUT2D eigenvalue weighted by atomic mass is 32.2. The van der Waals surface area contributed by atoms with Gasteiger partial charge in [0.1, 0.15) is 0 Å². The van der Waals surface area contributed by atoms with Crippen LogP contribution in [0.2, 0.25) is 0 Å². The summed E-state index contributed by atoms with van der Waals surface area (Å²) in [5.41, 5.74) is 0. The molecule has 6 nitrogen and oxygen atoms in total. The molecule has 1 heterocycles. The van der Waals surface area contributed by atoms with E-state index >= 15 is 0 Å². The zero-order valence-corrected chi connectivity index (χ0v) is 17.7. The Morgan fingerprint density at radius 3 is 1.88 bits per heavy atom. The van der Waals surface area contributed by atoms with E-state index in [1.54, 1.807) is 0 Å². The van der Waals surface area contributed by atoms with Gasteiger partial charge in [0.25, 0.3) is 0 Å². The zero-order chi connectivity index (χ0) is 27.2. The molecule has 0 aromatic rings. The second-order valence-corrected chi connectivity index (χ2v) is 9.19. The van der Waals surface area contributed by atoms with Gasteiger partial charge < -0.3 is 5.32 Å². The summed E-state index contributed by atoms with van der Waals surface area (Å²) in [7, 11) is -7.02. The van der Waals surface area contributed by atoms with E-state index in [2.05, 4.69) is 0 Å². The van der Waals surface area contributed by atoms with E-state index in [4.69, 9.17) is 4.55 Å². The highest BCUT2D eigenvalue weighted by Crippen LogP contribution is 2.48. The molecule has 34 heavy (non-hydrogen) atoms. The molecule has 2 N–H and O–H groups in total. The molecule has 1 fully saturated rings. The van der Waals surface area contributed by atoms with E-state index < -0.39 is 89.9 Å². The maximum Gasteiger partial charge on any atom is 0.437 e. The lowest BCUT2D eigenvalue weighted by Crippen LogP contribution is -2.61. The fourth-order valence-electron chi connectivity index (χ4n) is 2.94. The minimum Gasteiger partial charge on any atom is -0.350 e. The van der Waals surface area contributed by atoms with Gasteiger partial charge >= 0.3 is 45.0 Å². The number of carbonyl (C=O) groups is 1. The number of halogens is 12. The van der Waals surface area contributed by atoms with E-state index in [9.17, 15) is 65.9 Å². The van der Waals surface area contributed by atoms with Crippen molar-refractivity contribution in [2.45, 2.75) is 54.6 Å². The number of alkyl halides is 12. The van der Waals surface area contributed by atoms with Crippen LogP contribution in [-0.4, -0.2) is 84.8 Å². The summed E-state index contributed by atoms with van der Waals surface area (Å²) < 4.78 is 189. The Balaban J connectivity index is 2.89. The number of nitrogens with one attached hydrogen (secondary N) is 1. The molecule has 19 heteroatoms. The summed E-state index contributed by atoms with van der Waals surface area (Å²) in [5, 5.41) is -5.56. The number of carbonyl (C=O) groups excluding carboxylic acids is 1. The lowest BCUT2D eigenvalue weighted by atomic mass is 9.95. The van der Waals surface area contributed by atoms with E-state index in [1.165, 1.54) is 0 Å². The van der Waals surface area contributed by atoms with Crippen LogP contribution >= 0.6 is 0 Å². The topological polar surface area (TPSA) is 86.7 Å². The zero-order valence-electron chi connectivity index (χ0n) is 16.9. The molecule has 0 aromatic heterocycles. The number of nitrogens with zero attached hydrogens (tertiary/aromatic N) is 1. The molecule has 0 aromatic carbocycles. The van der Waals surface area contributed by atoms with Crippen LogP contribution < -0.4 is 5.32 Å². The third kappa shape index (κ3) is 5.66. The number of hydrogen-bond donors (Lipinski definition) is 2. The lowest BCUT2D eigenvalue weighted by molar-refractivity contribution is -0.306. The van der Waals surface area contributed by atoms with Crippen LogP contribution in [0, 0.1) is 5.92 Å². The summed E-state index contributed by atoms with van der Waals surface area (Å²) in [6.45, 7) is -6.33. The summed E-state index contributed by atoms with van der Waals surface area (Å²) in [5.74, 6) is -32.1. The van der Waals surface area contributed by atoms with E-state index in [1.807, 2.05) is 0 Å². The van der Waals surface area contributed by atoms with Crippen molar-refractivity contribution in [2.24, 2.45) is 5.92 Å². The molecule has 1 aliphatic rings. The number of hydrogen-bond acceptors (Lipinski definition) is 4. The predicted molar refractivity (Wildman–Crippen MR) is 89.1 cm³/mol. The minimum absolute atomic E-state index is 0.227. The van der Waals surface area contributed by atoms with Gasteiger partial charge in [0.2, 0.25) is 5.91 Å². The first kappa shape index (κ1) is 30.5. The molecule has 1 atom stereocenters. The Kier molecular flexibility index (Phi) is 8.24. The van der Waals surface area contributed by atoms with Gasteiger partial charge in [-0.1, -0.05) is 0 Å². The lowest BCUT2D eigenvalue weighted by Gasteiger charge is -2.38. The van der Waals surface area contributed by atoms with Gasteiger partial charge in [-0.25, -0.2) is 0 Å². The Labute approximate surface area is 184 Å². The predicted octanol–water partition coefficient (Wildman–Crippen LogP) is 3.49. The second-order valence-electron chi connectivity index (χ2n) is 7.73. The van der Waals surface area contributed by atoms with Crippen LogP contribution in [0.25, 0.3) is 0 Å². The SMILES string of the molecule is CC(F)(F)C(F)(F)C(F)(F)CN1CCCC(C(=O)NCC(F)(F)C(F)(F)C(F)(F)S(=O)(=O)O)C1. The number of piperidine rings is 1. The largest absolute Gasteiger partial charge is 0.437 e. The van der Waals surface area contributed by atoms with Crippen LogP contribution in [0.5, 0.6) is 0 Å². The summed E-state index contributed by atoms with van der Waals surface area (Å²) in [6.07, 6.45) is -0.521. The van der Waals surface area contributed by atoms with Crippen LogP contribution in [0.1, 0.15) is 19.8 Å². The molecule has 0 radical (unpaired) electrons. The molecule has 0 bridgehead atoms. The molecule has 0 saturated carbocycles. The van der Waals surface area contributed by atoms with E-state index in [-0.39, 0.29) is 12.8 Å². The molecule has 0 aliphatic carbocycles. The Morgan fingerprint density at radius 2 is 1.44 bits per heavy atom. The third-order valence-electron chi connectivity index (χ3n) is 4.94. The first-order valence-electron chi connectivity index (χ1n) is 9.06. The van der Waals surface area contributed by atoms with Crippen molar-refractivity contribution in [3.63, 3.8) is 0 Å². The van der Waals surface area contributed by atoms with Crippen molar-refractivity contribution < 1.29 is 70.5 Å². The number of amides is 1. The maximum absolute atomic E-state index is 13.8. The Hall–Kier alpha value is -1.50. The summed E-state index contributed by atoms with van der Waals surface area (Å²) in [6, 6.07) is 0. The molecule has 1 aliphatic heterocycles. The van der Waals surface area contributed by atoms with Gasteiger partial charge in [0.15, 0.2) is 0 Å². The van der Waals surface area contributed by atoms with Crippen molar-refractivity contribution in [1.82, 2.24) is 10.2 Å². The second kappa shape index (κ2) is 9.18. The van der Waals surface area contributed by atoms with Gasteiger partial charge in [-0.05, 0) is 19.4 Å². The summed E-state index contributed by atoms with van der Waals surface area (Å²) in [4.78, 5) is 12.4. The van der Waals surface area contributed by atoms with Crippen molar-refractivity contribution in [1.29, 1.82) is 0 Å². The average molecular weight is 550 g/mol. The normalized spacial score (nSPS) is 20.4. The molecule has 202 valence electrons. The minimum atomic E-state index is -7.02. The monoisotopic (exact) mass is 550 g/mol. The van der Waals surface area contributed by atoms with Gasteiger partial charge in [-0.2, -0.15) is 61.1 Å². The molecule has 1 unspecified atom stereocenters. The van der Waals surface area contributed by atoms with Crippen molar-refractivity contribution in [3.05, 3.63) is 0 Å². The first-order valence-corrected chi connectivity index (χ1v) is 10.5. The number of likely N-dealkylation sites (tertiary alicyclic amines) is 1. The van der Waals surface area contributed by atoms with E-state index in [0.717, 1.165) is 5.32 Å². The Bertz CT molecular complexity index is 860. The van der Waals surface area contributed by atoms with Crippen LogP contribution in [0.3, 0.4) is 0 Å². The van der Waals surface area contributed by atoms with Crippen LogP contribution in [0.4, 0.5) is 52.7 Å². The standard InChI is InChI=1S/C15H18F12N2O4S/c1-10(16,17)13(22,23)12(20,21)7-29-4-2-3-8(5-29)9(30)28-6-11(18,19)14(24,25)15(26,27)34(31,32)33/h8H,2-7H2,1H3,(H,28,30)(H,31,32,33). The smallest absolute Gasteiger partial charge is 0.350 e. The molecular formula is C15H18F12N2O4S. The Morgan fingerprint density at radius 1 is 0.941 bits per heavy atom. The molecule has 0 spiro atoms. The van der Waals surface area contributed by atoms with Crippen molar-refractivity contribution in [3.8, 4) is 0 Å². The third-order valence-corrected chi connectivity index (χ3v) is 5.85. The average Bonchev–Trinajstić information content (AvgIpc) is 2.63. The summed E-state index contributed by atoms with van der Waals surface area (Å²) >= 11 is 0. The van der Waals surface area contributed by atoms with Crippen LogP contribution in [0.15, 0.2) is 0 Å². The number of rotatable bonds is 10. The van der Waals surface area contributed by atoms with Crippen molar-refractivity contribution >= 4 is 16.0 Å². The molecule has 1 saturated heterocycles. The fourth-order valence-corrected chi connectivity index (χ4v) is 3.42. The quantitative estimate of drug-likeness (QED) is 0.322. The van der Waals surface area contributed by atoms with Crippen LogP contribution in [-0.2, 0) is 14.9 Å². The molecular weight excluding hydrogens is 532 g/mol. The van der Waals surface area contributed by atoms with Gasteiger partial charge in [0.05, 0.1) is 19.0 Å². The van der Waals surface area contributed by atoms with Gasteiger partial charge in [-0.15, -0.1) is 0 Å². The molecule has 1 rings (SSSR count). The fraction of sp³-hybridized carbons (Fsp3) is 0.933. The van der Waals surface area contributed by atoms with Gasteiger partial charge in [0, 0.05) is 13.5 Å². The van der Waals surface area contributed by atoms with E-state index in [0.29, 0.717) is 4.90 Å². The highest BCUT2D eigenvalue weighted by molar-refractivity contribution is 7.87. The van der Waals surface area contributed by atoms with Gasteiger partial charge in [-0.3, -0.25) is 14.2 Å². The van der Waals surface area contributed by atoms with Crippen molar-refractivity contribution in [2.75, 3.05) is 26.2 Å². The molecule has 1 amide bonds. The maximum atomic E-state index is 13.8. The highest BCUT2D eigenvalue weighted by Gasteiger charge is 2.77. The first-order chi connectivity index (χ1) is 14.8.